The number of hydrogen-bond acceptors (Lipinski definition) is 7. The lowest BCUT2D eigenvalue weighted by Gasteiger charge is -2.11. The molecule has 26 heavy (non-hydrogen) atoms. The Morgan fingerprint density at radius 2 is 2.15 bits per heavy atom. The second-order valence-electron chi connectivity index (χ2n) is 5.24. The molecule has 0 amide bonds. The van der Waals surface area contributed by atoms with Crippen molar-refractivity contribution < 1.29 is 14.3 Å². The fraction of sp³-hybridized carbons (Fsp3) is 0.316. The van der Waals surface area contributed by atoms with Crippen molar-refractivity contribution in [3.05, 3.63) is 52.7 Å². The average molecular weight is 371 g/mol. The molecule has 0 saturated heterocycles. The van der Waals surface area contributed by atoms with Gasteiger partial charge in [0.1, 0.15) is 12.7 Å². The first-order valence-corrected chi connectivity index (χ1v) is 9.42. The smallest absolute Gasteiger partial charge is 0.351 e. The summed E-state index contributed by atoms with van der Waals surface area (Å²) in [6, 6.07) is 11.8. The number of nitriles is 1. The average Bonchev–Trinajstić information content (AvgIpc) is 2.68. The number of para-hydroxylation sites is 1. The number of benzene rings is 1. The molecule has 0 unspecified atom stereocenters. The van der Waals surface area contributed by atoms with Gasteiger partial charge in [-0.05, 0) is 30.9 Å². The van der Waals surface area contributed by atoms with Crippen molar-refractivity contribution in [2.45, 2.75) is 13.5 Å². The van der Waals surface area contributed by atoms with Gasteiger partial charge in [0.15, 0.2) is 5.57 Å². The minimum atomic E-state index is -0.652. The Labute approximate surface area is 157 Å². The van der Waals surface area contributed by atoms with Gasteiger partial charge in [-0.2, -0.15) is 5.26 Å². The molecule has 2 aromatic rings. The number of nitrogens with zero attached hydrogens (tertiary/aromatic N) is 2. The Balaban J connectivity index is 2.05. The van der Waals surface area contributed by atoms with E-state index in [1.807, 2.05) is 43.3 Å². The van der Waals surface area contributed by atoms with Crippen LogP contribution in [0.4, 0.5) is 0 Å². The molecule has 0 aliphatic heterocycles. The number of aromatic nitrogens is 1. The van der Waals surface area contributed by atoms with Gasteiger partial charge in [0.05, 0.1) is 17.2 Å². The molecule has 0 saturated carbocycles. The van der Waals surface area contributed by atoms with Crippen LogP contribution in [0.1, 0.15) is 12.5 Å². The van der Waals surface area contributed by atoms with Gasteiger partial charge >= 0.3 is 5.97 Å². The van der Waals surface area contributed by atoms with Gasteiger partial charge in [-0.1, -0.05) is 18.2 Å². The van der Waals surface area contributed by atoms with Crippen molar-refractivity contribution in [1.82, 2.24) is 10.3 Å². The normalized spacial score (nSPS) is 11.6. The van der Waals surface area contributed by atoms with E-state index < -0.39 is 5.97 Å². The van der Waals surface area contributed by atoms with Crippen LogP contribution in [-0.4, -0.2) is 37.0 Å². The third kappa shape index (κ3) is 5.48. The van der Waals surface area contributed by atoms with E-state index in [1.54, 1.807) is 12.5 Å². The van der Waals surface area contributed by atoms with Gasteiger partial charge in [-0.25, -0.2) is 4.79 Å². The van der Waals surface area contributed by atoms with E-state index >= 15 is 0 Å². The lowest BCUT2D eigenvalue weighted by Crippen LogP contribution is -2.19. The summed E-state index contributed by atoms with van der Waals surface area (Å²) in [6.07, 6.45) is 3.57. The molecule has 0 bridgehead atoms. The van der Waals surface area contributed by atoms with Crippen LogP contribution in [0.5, 0.6) is 0 Å². The fourth-order valence-corrected chi connectivity index (χ4v) is 2.81. The van der Waals surface area contributed by atoms with E-state index in [9.17, 15) is 10.1 Å². The maximum absolute atomic E-state index is 12.1. The molecule has 0 aliphatic rings. The fourth-order valence-electron chi connectivity index (χ4n) is 2.26. The maximum atomic E-state index is 12.1. The zero-order valence-electron chi connectivity index (χ0n) is 14.8. The summed E-state index contributed by atoms with van der Waals surface area (Å²) in [7, 11) is 0. The summed E-state index contributed by atoms with van der Waals surface area (Å²) in [4.78, 5) is 16.5. The molecule has 6 nitrogen and oxygen atoms in total. The molecule has 0 atom stereocenters. The van der Waals surface area contributed by atoms with E-state index in [1.165, 1.54) is 11.8 Å². The number of thioether (sulfide) groups is 1. The van der Waals surface area contributed by atoms with Crippen molar-refractivity contribution in [2.75, 3.05) is 26.1 Å². The Morgan fingerprint density at radius 1 is 1.35 bits per heavy atom. The highest BCUT2D eigenvalue weighted by Crippen LogP contribution is 2.17. The van der Waals surface area contributed by atoms with Crippen molar-refractivity contribution in [2.24, 2.45) is 0 Å². The van der Waals surface area contributed by atoms with Gasteiger partial charge in [0.2, 0.25) is 0 Å². The molecule has 1 aromatic carbocycles. The second kappa shape index (κ2) is 10.4. The number of ether oxygens (including phenoxy) is 2. The summed E-state index contributed by atoms with van der Waals surface area (Å²) >= 11 is 1.29. The van der Waals surface area contributed by atoms with Crippen molar-refractivity contribution in [1.29, 1.82) is 5.26 Å². The molecule has 136 valence electrons. The Hall–Kier alpha value is -2.56. The lowest BCUT2D eigenvalue weighted by atomic mass is 10.1. The van der Waals surface area contributed by atoms with Gasteiger partial charge in [0.25, 0.3) is 0 Å². The van der Waals surface area contributed by atoms with Gasteiger partial charge < -0.3 is 14.8 Å². The molecular formula is C19H21N3O3S. The van der Waals surface area contributed by atoms with Crippen LogP contribution in [0.2, 0.25) is 0 Å². The number of hydrogen-bond donors (Lipinski definition) is 1. The summed E-state index contributed by atoms with van der Waals surface area (Å²) in [5.41, 5.74) is 1.84. The quantitative estimate of drug-likeness (QED) is 0.314. The number of carbonyl (C=O) groups is 1. The van der Waals surface area contributed by atoms with Crippen LogP contribution in [0.3, 0.4) is 0 Å². The molecule has 1 aromatic heterocycles. The molecule has 0 spiro atoms. The maximum Gasteiger partial charge on any atom is 0.351 e. The number of fused-ring (bicyclic) bond motifs is 1. The highest BCUT2D eigenvalue weighted by molar-refractivity contribution is 8.02. The van der Waals surface area contributed by atoms with Crippen molar-refractivity contribution in [3.63, 3.8) is 0 Å². The summed E-state index contributed by atoms with van der Waals surface area (Å²) in [5, 5.41) is 14.0. The van der Waals surface area contributed by atoms with E-state index in [-0.39, 0.29) is 12.2 Å². The van der Waals surface area contributed by atoms with Crippen LogP contribution < -0.4 is 5.32 Å². The van der Waals surface area contributed by atoms with Crippen LogP contribution in [0.25, 0.3) is 10.9 Å². The molecule has 7 heteroatoms. The molecule has 2 rings (SSSR count). The Bertz CT molecular complexity index is 830. The lowest BCUT2D eigenvalue weighted by molar-refractivity contribution is -0.140. The zero-order valence-corrected chi connectivity index (χ0v) is 15.6. The van der Waals surface area contributed by atoms with E-state index in [0.29, 0.717) is 24.8 Å². The minimum Gasteiger partial charge on any atom is -0.459 e. The van der Waals surface area contributed by atoms with Gasteiger partial charge in [-0.3, -0.25) is 4.98 Å². The molecule has 0 aliphatic carbocycles. The Kier molecular flexibility index (Phi) is 7.93. The molecule has 1 heterocycles. The number of pyridine rings is 1. The predicted octanol–water partition coefficient (Wildman–Crippen LogP) is 3.00. The summed E-state index contributed by atoms with van der Waals surface area (Å²) < 4.78 is 10.2. The first-order valence-electron chi connectivity index (χ1n) is 8.20. The van der Waals surface area contributed by atoms with Crippen LogP contribution in [0, 0.1) is 11.3 Å². The van der Waals surface area contributed by atoms with Crippen molar-refractivity contribution in [3.8, 4) is 6.07 Å². The van der Waals surface area contributed by atoms with Crippen molar-refractivity contribution >= 4 is 28.6 Å². The SMILES string of the molecule is CCOCCOC(=O)/C(C#N)=C(/NCc1cnc2ccccc2c1)SC. The highest BCUT2D eigenvalue weighted by Gasteiger charge is 2.16. The third-order valence-electron chi connectivity index (χ3n) is 3.51. The summed E-state index contributed by atoms with van der Waals surface area (Å²) in [5.74, 6) is -0.652. The van der Waals surface area contributed by atoms with E-state index in [4.69, 9.17) is 9.47 Å². The molecular weight excluding hydrogens is 350 g/mol. The van der Waals surface area contributed by atoms with E-state index in [2.05, 4.69) is 10.3 Å². The third-order valence-corrected chi connectivity index (χ3v) is 4.27. The summed E-state index contributed by atoms with van der Waals surface area (Å²) in [6.45, 7) is 3.29. The first kappa shape index (κ1) is 19.8. The number of esters is 1. The molecule has 0 fully saturated rings. The topological polar surface area (TPSA) is 84.2 Å². The standard InChI is InChI=1S/C19H21N3O3S/c1-3-24-8-9-25-19(23)16(11-20)18(26-2)22-13-14-10-15-6-4-5-7-17(15)21-12-14/h4-7,10,12,22H,3,8-9,13H2,1-2H3/b18-16-. The first-order chi connectivity index (χ1) is 12.7. The van der Waals surface area contributed by atoms with Gasteiger partial charge in [-0.15, -0.1) is 11.8 Å². The second-order valence-corrected chi connectivity index (χ2v) is 6.06. The van der Waals surface area contributed by atoms with Crippen LogP contribution >= 0.6 is 11.8 Å². The number of nitrogens with one attached hydrogen (secondary N) is 1. The number of carbonyl (C=O) groups excluding carboxylic acids is 1. The Morgan fingerprint density at radius 3 is 2.88 bits per heavy atom. The largest absolute Gasteiger partial charge is 0.459 e. The van der Waals surface area contributed by atoms with Crippen LogP contribution in [-0.2, 0) is 20.8 Å². The minimum absolute atomic E-state index is 0.0391. The van der Waals surface area contributed by atoms with Crippen LogP contribution in [0.15, 0.2) is 47.1 Å². The van der Waals surface area contributed by atoms with E-state index in [0.717, 1.165) is 16.5 Å². The molecule has 1 N–H and O–H groups in total. The number of rotatable bonds is 9. The van der Waals surface area contributed by atoms with Gasteiger partial charge in [0, 0.05) is 24.7 Å². The highest BCUT2D eigenvalue weighted by atomic mass is 32.2. The molecule has 0 radical (unpaired) electrons. The zero-order chi connectivity index (χ0) is 18.8. The monoisotopic (exact) mass is 371 g/mol. The predicted molar refractivity (Wildman–Crippen MR) is 102 cm³/mol.